The van der Waals surface area contributed by atoms with Gasteiger partial charge in [0.1, 0.15) is 0 Å². The summed E-state index contributed by atoms with van der Waals surface area (Å²) in [5.41, 5.74) is 6.66. The Morgan fingerprint density at radius 2 is 2.36 bits per heavy atom. The number of rotatable bonds is 4. The number of thiazole rings is 1. The summed E-state index contributed by atoms with van der Waals surface area (Å²) in [6, 6.07) is 0. The minimum absolute atomic E-state index is 0.641. The van der Waals surface area contributed by atoms with Crippen molar-refractivity contribution < 1.29 is 0 Å². The minimum atomic E-state index is 0.641. The van der Waals surface area contributed by atoms with Crippen molar-refractivity contribution in [3.8, 4) is 0 Å². The zero-order valence-corrected chi connectivity index (χ0v) is 9.64. The molecule has 2 N–H and O–H groups in total. The van der Waals surface area contributed by atoms with E-state index in [0.29, 0.717) is 5.13 Å². The van der Waals surface area contributed by atoms with Crippen LogP contribution in [-0.2, 0) is 6.42 Å². The molecule has 1 aromatic heterocycles. The van der Waals surface area contributed by atoms with Crippen molar-refractivity contribution in [1.82, 2.24) is 9.99 Å². The lowest BCUT2D eigenvalue weighted by atomic mass is 10.2. The molecule has 0 spiro atoms. The number of nitrogens with zero attached hydrogens (tertiary/aromatic N) is 3. The van der Waals surface area contributed by atoms with Crippen LogP contribution in [0.5, 0.6) is 0 Å². The highest BCUT2D eigenvalue weighted by atomic mass is 32.1. The molecule has 0 aliphatic heterocycles. The van der Waals surface area contributed by atoms with Gasteiger partial charge in [-0.2, -0.15) is 5.10 Å². The standard InChI is InChI=1S/C9H16N4S/c1-7(12-13(2)3)4-5-8-6-11-9(10)14-8/h6H,4-5H2,1-3H3,(H2,10,11). The predicted octanol–water partition coefficient (Wildman–Crippen LogP) is 1.60. The van der Waals surface area contributed by atoms with Gasteiger partial charge in [-0.15, -0.1) is 11.3 Å². The van der Waals surface area contributed by atoms with Crippen molar-refractivity contribution in [2.24, 2.45) is 5.10 Å². The molecule has 0 saturated carbocycles. The molecule has 0 aliphatic rings. The number of aromatic nitrogens is 1. The highest BCUT2D eigenvalue weighted by molar-refractivity contribution is 7.15. The van der Waals surface area contributed by atoms with Crippen molar-refractivity contribution in [3.63, 3.8) is 0 Å². The molecule has 0 atom stereocenters. The van der Waals surface area contributed by atoms with E-state index in [2.05, 4.69) is 10.1 Å². The number of anilines is 1. The van der Waals surface area contributed by atoms with Gasteiger partial charge in [-0.25, -0.2) is 4.98 Å². The van der Waals surface area contributed by atoms with Gasteiger partial charge in [-0.1, -0.05) is 0 Å². The lowest BCUT2D eigenvalue weighted by Gasteiger charge is -2.06. The highest BCUT2D eigenvalue weighted by Crippen LogP contribution is 2.16. The Balaban J connectivity index is 2.41. The summed E-state index contributed by atoms with van der Waals surface area (Å²) in [5.74, 6) is 0. The van der Waals surface area contributed by atoms with E-state index in [-0.39, 0.29) is 0 Å². The van der Waals surface area contributed by atoms with Crippen LogP contribution < -0.4 is 5.73 Å². The van der Waals surface area contributed by atoms with Crippen molar-refractivity contribution in [1.29, 1.82) is 0 Å². The van der Waals surface area contributed by atoms with Crippen LogP contribution in [0.3, 0.4) is 0 Å². The predicted molar refractivity (Wildman–Crippen MR) is 61.6 cm³/mol. The third-order valence-electron chi connectivity index (χ3n) is 1.68. The van der Waals surface area contributed by atoms with Gasteiger partial charge in [0.15, 0.2) is 5.13 Å². The molecule has 0 bridgehead atoms. The van der Waals surface area contributed by atoms with E-state index in [0.717, 1.165) is 18.6 Å². The SMILES string of the molecule is CC(CCc1cnc(N)s1)=NN(C)C. The highest BCUT2D eigenvalue weighted by Gasteiger charge is 2.00. The Bertz CT molecular complexity index is 316. The van der Waals surface area contributed by atoms with Crippen LogP contribution in [0.1, 0.15) is 18.2 Å². The molecule has 0 fully saturated rings. The van der Waals surface area contributed by atoms with Gasteiger partial charge in [0, 0.05) is 30.9 Å². The number of hydrogen-bond donors (Lipinski definition) is 1. The van der Waals surface area contributed by atoms with Crippen LogP contribution in [0, 0.1) is 0 Å². The molecule has 0 radical (unpaired) electrons. The van der Waals surface area contributed by atoms with Crippen molar-refractivity contribution in [3.05, 3.63) is 11.1 Å². The van der Waals surface area contributed by atoms with Crippen molar-refractivity contribution in [2.75, 3.05) is 19.8 Å². The van der Waals surface area contributed by atoms with Crippen molar-refractivity contribution >= 4 is 22.2 Å². The topological polar surface area (TPSA) is 54.5 Å². The normalized spacial score (nSPS) is 11.8. The molecule has 78 valence electrons. The monoisotopic (exact) mass is 212 g/mol. The van der Waals surface area contributed by atoms with Gasteiger partial charge in [0.25, 0.3) is 0 Å². The molecule has 0 unspecified atom stereocenters. The van der Waals surface area contributed by atoms with Crippen LogP contribution in [0.4, 0.5) is 5.13 Å². The summed E-state index contributed by atoms with van der Waals surface area (Å²) < 4.78 is 0. The molecule has 1 aromatic rings. The molecule has 1 heterocycles. The molecule has 4 nitrogen and oxygen atoms in total. The van der Waals surface area contributed by atoms with Gasteiger partial charge < -0.3 is 10.7 Å². The van der Waals surface area contributed by atoms with Crippen LogP contribution >= 0.6 is 11.3 Å². The van der Waals surface area contributed by atoms with E-state index in [9.17, 15) is 0 Å². The van der Waals surface area contributed by atoms with Crippen LogP contribution in [0.25, 0.3) is 0 Å². The van der Waals surface area contributed by atoms with E-state index < -0.39 is 0 Å². The molecular formula is C9H16N4S. The Morgan fingerprint density at radius 1 is 1.64 bits per heavy atom. The number of aryl methyl sites for hydroxylation is 1. The first-order valence-electron chi connectivity index (χ1n) is 4.49. The maximum atomic E-state index is 5.53. The fraction of sp³-hybridized carbons (Fsp3) is 0.556. The molecule has 0 aromatic carbocycles. The first kappa shape index (κ1) is 11.0. The van der Waals surface area contributed by atoms with E-state index in [1.54, 1.807) is 11.3 Å². The fourth-order valence-corrected chi connectivity index (χ4v) is 1.82. The lowest BCUT2D eigenvalue weighted by molar-refractivity contribution is 0.436. The van der Waals surface area contributed by atoms with Gasteiger partial charge >= 0.3 is 0 Å². The van der Waals surface area contributed by atoms with Gasteiger partial charge in [-0.3, -0.25) is 0 Å². The second-order valence-electron chi connectivity index (χ2n) is 3.35. The smallest absolute Gasteiger partial charge is 0.180 e. The fourth-order valence-electron chi connectivity index (χ4n) is 1.13. The average molecular weight is 212 g/mol. The molecule has 1 rings (SSSR count). The largest absolute Gasteiger partial charge is 0.375 e. The molecule has 5 heteroatoms. The molecule has 14 heavy (non-hydrogen) atoms. The summed E-state index contributed by atoms with van der Waals surface area (Å²) in [5, 5.41) is 6.76. The second-order valence-corrected chi connectivity index (χ2v) is 4.49. The third-order valence-corrected chi connectivity index (χ3v) is 2.56. The average Bonchev–Trinajstić information content (AvgIpc) is 2.47. The maximum absolute atomic E-state index is 5.53. The van der Waals surface area contributed by atoms with E-state index in [4.69, 9.17) is 5.73 Å². The Morgan fingerprint density at radius 3 is 2.86 bits per heavy atom. The minimum Gasteiger partial charge on any atom is -0.375 e. The first-order chi connectivity index (χ1) is 6.58. The number of hydrogen-bond acceptors (Lipinski definition) is 5. The lowest BCUT2D eigenvalue weighted by Crippen LogP contribution is -2.06. The summed E-state index contributed by atoms with van der Waals surface area (Å²) in [6.07, 6.45) is 3.76. The summed E-state index contributed by atoms with van der Waals surface area (Å²) in [4.78, 5) is 5.22. The van der Waals surface area contributed by atoms with E-state index >= 15 is 0 Å². The number of nitrogen functional groups attached to an aromatic ring is 1. The maximum Gasteiger partial charge on any atom is 0.180 e. The zero-order valence-electron chi connectivity index (χ0n) is 8.82. The molecule has 0 saturated heterocycles. The van der Waals surface area contributed by atoms with Crippen LogP contribution in [-0.4, -0.2) is 29.8 Å². The van der Waals surface area contributed by atoms with Gasteiger partial charge in [0.2, 0.25) is 0 Å². The van der Waals surface area contributed by atoms with E-state index in [1.807, 2.05) is 32.2 Å². The quantitative estimate of drug-likeness (QED) is 0.609. The first-order valence-corrected chi connectivity index (χ1v) is 5.31. The summed E-state index contributed by atoms with van der Waals surface area (Å²) in [6.45, 7) is 2.03. The van der Waals surface area contributed by atoms with Crippen LogP contribution in [0.15, 0.2) is 11.3 Å². The molecule has 0 amide bonds. The van der Waals surface area contributed by atoms with Gasteiger partial charge in [-0.05, 0) is 19.8 Å². The number of nitrogens with two attached hydrogens (primary N) is 1. The Labute approximate surface area is 88.4 Å². The molecule has 0 aliphatic carbocycles. The third kappa shape index (κ3) is 3.74. The zero-order chi connectivity index (χ0) is 10.6. The van der Waals surface area contributed by atoms with Crippen LogP contribution in [0.2, 0.25) is 0 Å². The molecular weight excluding hydrogens is 196 g/mol. The summed E-state index contributed by atoms with van der Waals surface area (Å²) >= 11 is 1.55. The Kier molecular flexibility index (Phi) is 3.88. The second kappa shape index (κ2) is 4.95. The Hall–Kier alpha value is -1.10. The number of hydrazone groups is 1. The van der Waals surface area contributed by atoms with Crippen molar-refractivity contribution in [2.45, 2.75) is 19.8 Å². The summed E-state index contributed by atoms with van der Waals surface area (Å²) in [7, 11) is 3.85. The van der Waals surface area contributed by atoms with Gasteiger partial charge in [0.05, 0.1) is 0 Å². The van der Waals surface area contributed by atoms with E-state index in [1.165, 1.54) is 4.88 Å².